The Bertz CT molecular complexity index is 659. The highest BCUT2D eigenvalue weighted by molar-refractivity contribution is 5.90. The molecular weight excluding hydrogens is 324 g/mol. The minimum atomic E-state index is -0.310. The maximum Gasteiger partial charge on any atom is 0.338 e. The molecule has 0 amide bonds. The van der Waals surface area contributed by atoms with Crippen LogP contribution in [0.2, 0.25) is 0 Å². The molecule has 2 aromatic carbocycles. The van der Waals surface area contributed by atoms with Gasteiger partial charge in [0.2, 0.25) is 0 Å². The van der Waals surface area contributed by atoms with Crippen LogP contribution in [0, 0.1) is 0 Å². The summed E-state index contributed by atoms with van der Waals surface area (Å²) in [6, 6.07) is 16.3. The van der Waals surface area contributed by atoms with E-state index in [0.29, 0.717) is 18.8 Å². The largest absolute Gasteiger partial charge is 0.457 e. The Kier molecular flexibility index (Phi) is 8.36. The van der Waals surface area contributed by atoms with Crippen molar-refractivity contribution in [1.29, 1.82) is 0 Å². The number of hydrogen-bond acceptors (Lipinski definition) is 3. The average molecular weight is 354 g/mol. The van der Waals surface area contributed by atoms with Crippen LogP contribution in [0.4, 0.5) is 0 Å². The lowest BCUT2D eigenvalue weighted by atomic mass is 10.0. The van der Waals surface area contributed by atoms with Crippen LogP contribution in [0.3, 0.4) is 0 Å². The number of ether oxygens (including phenoxy) is 2. The van der Waals surface area contributed by atoms with Crippen molar-refractivity contribution in [3.05, 3.63) is 59.7 Å². The first-order chi connectivity index (χ1) is 12.6. The number of benzene rings is 2. The first-order valence-corrected chi connectivity index (χ1v) is 9.62. The number of rotatable bonds is 10. The summed E-state index contributed by atoms with van der Waals surface area (Å²) in [6.45, 7) is 7.02. The molecule has 0 saturated heterocycles. The molecule has 0 aliphatic heterocycles. The predicted molar refractivity (Wildman–Crippen MR) is 106 cm³/mol. The lowest BCUT2D eigenvalue weighted by Gasteiger charge is -2.13. The summed E-state index contributed by atoms with van der Waals surface area (Å²) >= 11 is 0. The van der Waals surface area contributed by atoms with Crippen molar-refractivity contribution in [2.75, 3.05) is 13.2 Å². The number of hydrogen-bond donors (Lipinski definition) is 0. The molecule has 0 aliphatic carbocycles. The molecule has 0 N–H and O–H groups in total. The Hall–Kier alpha value is -2.13. The molecule has 2 aromatic rings. The lowest BCUT2D eigenvalue weighted by molar-refractivity contribution is 0.00440. The van der Waals surface area contributed by atoms with Crippen LogP contribution >= 0.6 is 0 Å². The van der Waals surface area contributed by atoms with Crippen molar-refractivity contribution in [3.63, 3.8) is 0 Å². The van der Waals surface area contributed by atoms with Gasteiger partial charge in [-0.2, -0.15) is 0 Å². The van der Waals surface area contributed by atoms with Crippen LogP contribution in [0.25, 0.3) is 11.1 Å². The number of carbonyl (C=O) groups excluding carboxylic acids is 1. The van der Waals surface area contributed by atoms with E-state index in [0.717, 1.165) is 17.5 Å². The van der Waals surface area contributed by atoms with Gasteiger partial charge in [-0.1, -0.05) is 56.2 Å². The van der Waals surface area contributed by atoms with E-state index in [1.807, 2.05) is 38.1 Å². The quantitative estimate of drug-likeness (QED) is 0.407. The molecule has 0 heterocycles. The van der Waals surface area contributed by atoms with Crippen LogP contribution in [-0.4, -0.2) is 25.3 Å². The van der Waals surface area contributed by atoms with Gasteiger partial charge in [0.25, 0.3) is 0 Å². The van der Waals surface area contributed by atoms with Gasteiger partial charge in [-0.05, 0) is 55.5 Å². The van der Waals surface area contributed by atoms with Crippen molar-refractivity contribution in [2.45, 2.75) is 52.6 Å². The van der Waals surface area contributed by atoms with Gasteiger partial charge in [-0.3, -0.25) is 0 Å². The van der Waals surface area contributed by atoms with Gasteiger partial charge in [0.1, 0.15) is 6.10 Å². The minimum Gasteiger partial charge on any atom is -0.457 e. The molecule has 0 bridgehead atoms. The Morgan fingerprint density at radius 3 is 2.12 bits per heavy atom. The van der Waals surface area contributed by atoms with E-state index in [-0.39, 0.29) is 12.1 Å². The molecule has 26 heavy (non-hydrogen) atoms. The molecule has 0 saturated carbocycles. The number of carbonyl (C=O) groups is 1. The Balaban J connectivity index is 1.95. The maximum absolute atomic E-state index is 12.2. The van der Waals surface area contributed by atoms with Crippen LogP contribution in [0.5, 0.6) is 0 Å². The first kappa shape index (κ1) is 20.2. The summed E-state index contributed by atoms with van der Waals surface area (Å²) in [7, 11) is 0. The topological polar surface area (TPSA) is 35.5 Å². The van der Waals surface area contributed by atoms with Gasteiger partial charge in [0.15, 0.2) is 0 Å². The standard InChI is InChI=1S/C23H30O3/c1-4-6-7-8-19-9-11-20(12-10-19)21-13-15-22(16-14-21)23(24)26-18(3)17-25-5-2/h9-16,18H,4-8,17H2,1-3H3. The molecule has 0 spiro atoms. The van der Waals surface area contributed by atoms with Crippen molar-refractivity contribution in [2.24, 2.45) is 0 Å². The molecule has 0 fully saturated rings. The zero-order valence-corrected chi connectivity index (χ0v) is 16.2. The second kappa shape index (κ2) is 10.8. The van der Waals surface area contributed by atoms with Gasteiger partial charge < -0.3 is 9.47 Å². The summed E-state index contributed by atoms with van der Waals surface area (Å²) in [5.41, 5.74) is 4.21. The SMILES string of the molecule is CCCCCc1ccc(-c2ccc(C(=O)OC(C)COCC)cc2)cc1. The van der Waals surface area contributed by atoms with Gasteiger partial charge >= 0.3 is 5.97 Å². The van der Waals surface area contributed by atoms with Crippen LogP contribution in [-0.2, 0) is 15.9 Å². The van der Waals surface area contributed by atoms with Gasteiger partial charge in [0.05, 0.1) is 12.2 Å². The van der Waals surface area contributed by atoms with Crippen LogP contribution in [0.1, 0.15) is 56.0 Å². The van der Waals surface area contributed by atoms with E-state index >= 15 is 0 Å². The minimum absolute atomic E-state index is 0.248. The van der Waals surface area contributed by atoms with Crippen molar-refractivity contribution in [1.82, 2.24) is 0 Å². The molecule has 0 aromatic heterocycles. The molecule has 0 aliphatic rings. The van der Waals surface area contributed by atoms with Crippen molar-refractivity contribution in [3.8, 4) is 11.1 Å². The summed E-state index contributed by atoms with van der Waals surface area (Å²) in [5.74, 6) is -0.310. The zero-order valence-electron chi connectivity index (χ0n) is 16.2. The van der Waals surface area contributed by atoms with Crippen LogP contribution < -0.4 is 0 Å². The van der Waals surface area contributed by atoms with Gasteiger partial charge in [-0.15, -0.1) is 0 Å². The number of aryl methyl sites for hydroxylation is 1. The van der Waals surface area contributed by atoms with Crippen molar-refractivity contribution >= 4 is 5.97 Å². The van der Waals surface area contributed by atoms with E-state index in [4.69, 9.17) is 9.47 Å². The molecule has 0 radical (unpaired) electrons. The number of esters is 1. The Morgan fingerprint density at radius 1 is 0.923 bits per heavy atom. The fourth-order valence-electron chi connectivity index (χ4n) is 2.81. The Labute approximate surface area is 157 Å². The van der Waals surface area contributed by atoms with E-state index in [2.05, 4.69) is 31.2 Å². The monoisotopic (exact) mass is 354 g/mol. The second-order valence-corrected chi connectivity index (χ2v) is 6.61. The van der Waals surface area contributed by atoms with E-state index in [1.54, 1.807) is 0 Å². The molecular formula is C23H30O3. The molecule has 3 nitrogen and oxygen atoms in total. The van der Waals surface area contributed by atoms with Gasteiger partial charge in [0, 0.05) is 6.61 Å². The molecule has 1 atom stereocenters. The zero-order chi connectivity index (χ0) is 18.8. The molecule has 2 rings (SSSR count). The third-order valence-electron chi connectivity index (χ3n) is 4.34. The lowest BCUT2D eigenvalue weighted by Crippen LogP contribution is -2.20. The molecule has 1 unspecified atom stereocenters. The predicted octanol–water partition coefficient (Wildman–Crippen LogP) is 5.67. The van der Waals surface area contributed by atoms with E-state index in [9.17, 15) is 4.79 Å². The third kappa shape index (κ3) is 6.30. The average Bonchev–Trinajstić information content (AvgIpc) is 2.67. The van der Waals surface area contributed by atoms with Crippen LogP contribution in [0.15, 0.2) is 48.5 Å². The highest BCUT2D eigenvalue weighted by Crippen LogP contribution is 2.21. The summed E-state index contributed by atoms with van der Waals surface area (Å²) < 4.78 is 10.7. The normalized spacial score (nSPS) is 12.0. The molecule has 140 valence electrons. The third-order valence-corrected chi connectivity index (χ3v) is 4.34. The number of unbranched alkanes of at least 4 members (excludes halogenated alkanes) is 2. The smallest absolute Gasteiger partial charge is 0.338 e. The highest BCUT2D eigenvalue weighted by atomic mass is 16.6. The highest BCUT2D eigenvalue weighted by Gasteiger charge is 2.12. The van der Waals surface area contributed by atoms with E-state index < -0.39 is 0 Å². The second-order valence-electron chi connectivity index (χ2n) is 6.61. The fourth-order valence-corrected chi connectivity index (χ4v) is 2.81. The summed E-state index contributed by atoms with van der Waals surface area (Å²) in [5, 5.41) is 0. The summed E-state index contributed by atoms with van der Waals surface area (Å²) in [4.78, 5) is 12.2. The molecule has 3 heteroatoms. The van der Waals surface area contributed by atoms with Gasteiger partial charge in [-0.25, -0.2) is 4.79 Å². The van der Waals surface area contributed by atoms with E-state index in [1.165, 1.54) is 24.8 Å². The maximum atomic E-state index is 12.2. The van der Waals surface area contributed by atoms with Crippen molar-refractivity contribution < 1.29 is 14.3 Å². The fraction of sp³-hybridized carbons (Fsp3) is 0.435. The Morgan fingerprint density at radius 2 is 1.54 bits per heavy atom. The summed E-state index contributed by atoms with van der Waals surface area (Å²) in [6.07, 6.45) is 4.66. The first-order valence-electron chi connectivity index (χ1n) is 9.62.